The molecule has 0 aliphatic rings. The fraction of sp³-hybridized carbons (Fsp3) is 0.143. The Balaban J connectivity index is 1.93. The molecule has 0 aliphatic heterocycles. The summed E-state index contributed by atoms with van der Waals surface area (Å²) in [7, 11) is 0. The zero-order valence-corrected chi connectivity index (χ0v) is 11.8. The molecule has 0 atom stereocenters. The molecule has 0 saturated heterocycles. The van der Waals surface area contributed by atoms with Gasteiger partial charge in [0.15, 0.2) is 11.5 Å². The predicted molar refractivity (Wildman–Crippen MR) is 77.8 cm³/mol. The maximum absolute atomic E-state index is 5.62. The first-order chi connectivity index (χ1) is 9.24. The number of nitrogens with two attached hydrogens (primary N) is 1. The van der Waals surface area contributed by atoms with Gasteiger partial charge in [-0.2, -0.15) is 5.10 Å². The smallest absolute Gasteiger partial charge is 0.156 e. The van der Waals surface area contributed by atoms with Gasteiger partial charge in [0.1, 0.15) is 0 Å². The van der Waals surface area contributed by atoms with E-state index in [1.807, 2.05) is 30.5 Å². The standard InChI is InChI=1S/C14H13BrN4/c15-12-3-1-2-10(6-12)7-13-17-14-5-4-11(8-16)9-19(14)18-13/h1-6,9H,7-8,16H2. The van der Waals surface area contributed by atoms with Crippen LogP contribution in [0.25, 0.3) is 5.65 Å². The van der Waals surface area contributed by atoms with Crippen molar-refractivity contribution in [3.63, 3.8) is 0 Å². The minimum absolute atomic E-state index is 0.511. The van der Waals surface area contributed by atoms with Crippen molar-refractivity contribution in [2.24, 2.45) is 5.73 Å². The van der Waals surface area contributed by atoms with Crippen molar-refractivity contribution >= 4 is 21.6 Å². The summed E-state index contributed by atoms with van der Waals surface area (Å²) in [5.74, 6) is 0.812. The first kappa shape index (κ1) is 12.3. The van der Waals surface area contributed by atoms with Crippen molar-refractivity contribution in [1.82, 2.24) is 14.6 Å². The van der Waals surface area contributed by atoms with Crippen molar-refractivity contribution in [2.75, 3.05) is 0 Å². The average Bonchev–Trinajstić information content (AvgIpc) is 2.79. The Morgan fingerprint density at radius 1 is 1.16 bits per heavy atom. The zero-order chi connectivity index (χ0) is 13.2. The molecule has 4 nitrogen and oxygen atoms in total. The molecule has 2 heterocycles. The number of nitrogens with zero attached hydrogens (tertiary/aromatic N) is 3. The normalized spacial score (nSPS) is 11.1. The number of hydrogen-bond donors (Lipinski definition) is 1. The van der Waals surface area contributed by atoms with Crippen LogP contribution in [0.5, 0.6) is 0 Å². The Bertz CT molecular complexity index is 720. The summed E-state index contributed by atoms with van der Waals surface area (Å²) in [5.41, 5.74) is 8.70. The molecule has 96 valence electrons. The van der Waals surface area contributed by atoms with E-state index in [2.05, 4.69) is 38.1 Å². The molecule has 19 heavy (non-hydrogen) atoms. The number of rotatable bonds is 3. The molecule has 2 N–H and O–H groups in total. The average molecular weight is 317 g/mol. The Labute approximate surface area is 119 Å². The second-order valence-corrected chi connectivity index (χ2v) is 5.29. The minimum Gasteiger partial charge on any atom is -0.326 e. The third kappa shape index (κ3) is 2.67. The van der Waals surface area contributed by atoms with E-state index in [9.17, 15) is 0 Å². The fourth-order valence-corrected chi connectivity index (χ4v) is 2.44. The van der Waals surface area contributed by atoms with Crippen LogP contribution in [0.1, 0.15) is 17.0 Å². The van der Waals surface area contributed by atoms with Crippen LogP contribution in [0.4, 0.5) is 0 Å². The molecule has 3 rings (SSSR count). The van der Waals surface area contributed by atoms with Crippen LogP contribution in [-0.2, 0) is 13.0 Å². The quantitative estimate of drug-likeness (QED) is 0.808. The van der Waals surface area contributed by atoms with Gasteiger partial charge in [-0.3, -0.25) is 0 Å². The third-order valence-corrected chi connectivity index (χ3v) is 3.42. The lowest BCUT2D eigenvalue weighted by atomic mass is 10.1. The molecule has 0 spiro atoms. The van der Waals surface area contributed by atoms with Gasteiger partial charge < -0.3 is 5.73 Å². The van der Waals surface area contributed by atoms with Gasteiger partial charge in [0.2, 0.25) is 0 Å². The summed E-state index contributed by atoms with van der Waals surface area (Å²) in [6.07, 6.45) is 2.64. The van der Waals surface area contributed by atoms with E-state index < -0.39 is 0 Å². The number of halogens is 1. The van der Waals surface area contributed by atoms with Gasteiger partial charge in [-0.15, -0.1) is 0 Å². The lowest BCUT2D eigenvalue weighted by Crippen LogP contribution is -1.99. The first-order valence-electron chi connectivity index (χ1n) is 6.03. The monoisotopic (exact) mass is 316 g/mol. The Morgan fingerprint density at radius 2 is 2.05 bits per heavy atom. The molecule has 2 aromatic heterocycles. The highest BCUT2D eigenvalue weighted by atomic mass is 79.9. The molecular formula is C14H13BrN4. The van der Waals surface area contributed by atoms with Crippen molar-refractivity contribution in [1.29, 1.82) is 0 Å². The number of pyridine rings is 1. The summed E-state index contributed by atoms with van der Waals surface area (Å²) < 4.78 is 2.86. The summed E-state index contributed by atoms with van der Waals surface area (Å²) in [6.45, 7) is 0.511. The second kappa shape index (κ2) is 5.11. The summed E-state index contributed by atoms with van der Waals surface area (Å²) in [4.78, 5) is 4.51. The predicted octanol–water partition coefficient (Wildman–Crippen LogP) is 2.54. The molecule has 3 aromatic rings. The Hall–Kier alpha value is -1.72. The van der Waals surface area contributed by atoms with Crippen LogP contribution in [-0.4, -0.2) is 14.6 Å². The molecule has 0 amide bonds. The SMILES string of the molecule is NCc1ccc2nc(Cc3cccc(Br)c3)nn2c1. The highest BCUT2D eigenvalue weighted by Crippen LogP contribution is 2.14. The van der Waals surface area contributed by atoms with E-state index >= 15 is 0 Å². The topological polar surface area (TPSA) is 56.2 Å². The Kier molecular flexibility index (Phi) is 3.31. The number of aromatic nitrogens is 3. The van der Waals surface area contributed by atoms with Gasteiger partial charge in [0.05, 0.1) is 0 Å². The summed E-state index contributed by atoms with van der Waals surface area (Å²) in [5, 5.41) is 4.48. The van der Waals surface area contributed by atoms with Crippen molar-refractivity contribution in [2.45, 2.75) is 13.0 Å². The van der Waals surface area contributed by atoms with Crippen LogP contribution in [0.15, 0.2) is 47.1 Å². The van der Waals surface area contributed by atoms with E-state index in [1.165, 1.54) is 5.56 Å². The largest absolute Gasteiger partial charge is 0.326 e. The van der Waals surface area contributed by atoms with E-state index in [0.717, 1.165) is 27.9 Å². The number of hydrogen-bond acceptors (Lipinski definition) is 3. The molecule has 0 bridgehead atoms. The van der Waals surface area contributed by atoms with Gasteiger partial charge in [-0.05, 0) is 29.3 Å². The molecule has 0 fully saturated rings. The molecule has 1 aromatic carbocycles. The lowest BCUT2D eigenvalue weighted by molar-refractivity contribution is 0.884. The lowest BCUT2D eigenvalue weighted by Gasteiger charge is -1.97. The highest BCUT2D eigenvalue weighted by Gasteiger charge is 2.05. The molecule has 0 radical (unpaired) electrons. The number of fused-ring (bicyclic) bond motifs is 1. The van der Waals surface area contributed by atoms with Crippen LogP contribution in [0, 0.1) is 0 Å². The third-order valence-electron chi connectivity index (χ3n) is 2.92. The summed E-state index contributed by atoms with van der Waals surface area (Å²) in [6, 6.07) is 12.1. The summed E-state index contributed by atoms with van der Waals surface area (Å²) >= 11 is 3.47. The number of benzene rings is 1. The first-order valence-corrected chi connectivity index (χ1v) is 6.82. The van der Waals surface area contributed by atoms with E-state index in [4.69, 9.17) is 5.73 Å². The maximum atomic E-state index is 5.62. The van der Waals surface area contributed by atoms with E-state index in [-0.39, 0.29) is 0 Å². The van der Waals surface area contributed by atoms with Gasteiger partial charge in [0, 0.05) is 23.6 Å². The molecular weight excluding hydrogens is 304 g/mol. The van der Waals surface area contributed by atoms with Crippen molar-refractivity contribution < 1.29 is 0 Å². The van der Waals surface area contributed by atoms with Gasteiger partial charge in [-0.25, -0.2) is 9.50 Å². The van der Waals surface area contributed by atoms with Gasteiger partial charge >= 0.3 is 0 Å². The van der Waals surface area contributed by atoms with Gasteiger partial charge in [-0.1, -0.05) is 34.1 Å². The van der Waals surface area contributed by atoms with Gasteiger partial charge in [0.25, 0.3) is 0 Å². The minimum atomic E-state index is 0.511. The van der Waals surface area contributed by atoms with Crippen LogP contribution in [0.2, 0.25) is 0 Å². The van der Waals surface area contributed by atoms with Crippen LogP contribution < -0.4 is 5.73 Å². The zero-order valence-electron chi connectivity index (χ0n) is 10.3. The second-order valence-electron chi connectivity index (χ2n) is 4.38. The van der Waals surface area contributed by atoms with Crippen LogP contribution >= 0.6 is 15.9 Å². The highest BCUT2D eigenvalue weighted by molar-refractivity contribution is 9.10. The van der Waals surface area contributed by atoms with Crippen molar-refractivity contribution in [3.05, 3.63) is 64.0 Å². The fourth-order valence-electron chi connectivity index (χ4n) is 2.00. The molecule has 0 unspecified atom stereocenters. The van der Waals surface area contributed by atoms with Crippen LogP contribution in [0.3, 0.4) is 0 Å². The van der Waals surface area contributed by atoms with E-state index in [0.29, 0.717) is 6.54 Å². The Morgan fingerprint density at radius 3 is 2.84 bits per heavy atom. The molecule has 5 heteroatoms. The van der Waals surface area contributed by atoms with Crippen molar-refractivity contribution in [3.8, 4) is 0 Å². The molecule has 0 saturated carbocycles. The molecule has 0 aliphatic carbocycles. The van der Waals surface area contributed by atoms with E-state index in [1.54, 1.807) is 4.52 Å². The maximum Gasteiger partial charge on any atom is 0.156 e.